The van der Waals surface area contributed by atoms with Crippen LogP contribution in [0.4, 0.5) is 0 Å². The van der Waals surface area contributed by atoms with Crippen LogP contribution in [0, 0.1) is 13.8 Å². The lowest BCUT2D eigenvalue weighted by molar-refractivity contribution is -0.137. The Hall–Kier alpha value is -2.21. The molecule has 0 spiro atoms. The third kappa shape index (κ3) is 4.49. The number of hydrogen-bond acceptors (Lipinski definition) is 3. The molecule has 0 aliphatic rings. The Kier molecular flexibility index (Phi) is 6.53. The van der Waals surface area contributed by atoms with Gasteiger partial charge in [0.05, 0.1) is 18.0 Å². The number of carbonyl (C=O) groups is 2. The minimum atomic E-state index is -0.947. The van der Waals surface area contributed by atoms with Crippen LogP contribution in [0.1, 0.15) is 59.7 Å². The number of carboxylic acids is 1. The van der Waals surface area contributed by atoms with Gasteiger partial charge in [-0.25, -0.2) is 0 Å². The van der Waals surface area contributed by atoms with Gasteiger partial charge < -0.3 is 15.0 Å². The number of aromatic nitrogens is 1. The Morgan fingerprint density at radius 2 is 1.81 bits per heavy atom. The first-order valence-corrected chi connectivity index (χ1v) is 9.82. The molecule has 0 bridgehead atoms. The summed E-state index contributed by atoms with van der Waals surface area (Å²) in [6.07, 6.45) is 1.82. The van der Waals surface area contributed by atoms with Gasteiger partial charge in [0.1, 0.15) is 0 Å². The highest BCUT2D eigenvalue weighted by Crippen LogP contribution is 2.24. The van der Waals surface area contributed by atoms with Crippen LogP contribution in [0.2, 0.25) is 0 Å². The van der Waals surface area contributed by atoms with Crippen molar-refractivity contribution in [1.29, 1.82) is 0 Å². The number of benzene rings is 1. The topological polar surface area (TPSA) is 71.3 Å². The van der Waals surface area contributed by atoms with E-state index in [4.69, 9.17) is 0 Å². The number of carboxylic acid groups (broad SMARTS) is 1. The molecule has 1 amide bonds. The largest absolute Gasteiger partial charge is 0.481 e. The molecule has 1 aromatic carbocycles. The SMILES string of the molecule is CSc1ccc(C(CC(=O)O)NC(=O)c2cc(C)n(C(C)C)c2C)cc1. The zero-order chi connectivity index (χ0) is 19.4. The maximum Gasteiger partial charge on any atom is 0.305 e. The Labute approximate surface area is 158 Å². The summed E-state index contributed by atoms with van der Waals surface area (Å²) in [6, 6.07) is 9.16. The second-order valence-corrected chi connectivity index (χ2v) is 7.53. The van der Waals surface area contributed by atoms with Gasteiger partial charge in [0.15, 0.2) is 0 Å². The quantitative estimate of drug-likeness (QED) is 0.707. The monoisotopic (exact) mass is 374 g/mol. The van der Waals surface area contributed by atoms with Crippen LogP contribution in [0.5, 0.6) is 0 Å². The highest BCUT2D eigenvalue weighted by Gasteiger charge is 2.22. The molecule has 1 heterocycles. The first-order chi connectivity index (χ1) is 12.2. The van der Waals surface area contributed by atoms with Gasteiger partial charge in [0.2, 0.25) is 0 Å². The van der Waals surface area contributed by atoms with Crippen LogP contribution in [0.25, 0.3) is 0 Å². The van der Waals surface area contributed by atoms with Crippen molar-refractivity contribution in [2.45, 2.75) is 51.1 Å². The van der Waals surface area contributed by atoms with E-state index >= 15 is 0 Å². The number of nitrogens with zero attached hydrogens (tertiary/aromatic N) is 1. The number of nitrogens with one attached hydrogen (secondary N) is 1. The zero-order valence-corrected chi connectivity index (χ0v) is 16.7. The average Bonchev–Trinajstić information content (AvgIpc) is 2.88. The number of carbonyl (C=O) groups excluding carboxylic acids is 1. The van der Waals surface area contributed by atoms with Crippen LogP contribution in [-0.4, -0.2) is 27.8 Å². The molecular weight excluding hydrogens is 348 g/mol. The van der Waals surface area contributed by atoms with Gasteiger partial charge in [-0.15, -0.1) is 11.8 Å². The molecule has 0 saturated carbocycles. The molecule has 2 rings (SSSR count). The molecule has 6 heteroatoms. The fourth-order valence-electron chi connectivity index (χ4n) is 3.30. The number of hydrogen-bond donors (Lipinski definition) is 2. The normalized spacial score (nSPS) is 12.2. The van der Waals surface area contributed by atoms with Crippen molar-refractivity contribution in [3.63, 3.8) is 0 Å². The van der Waals surface area contributed by atoms with Gasteiger partial charge >= 0.3 is 5.97 Å². The summed E-state index contributed by atoms with van der Waals surface area (Å²) >= 11 is 1.62. The third-order valence-corrected chi connectivity index (χ3v) is 5.19. The molecular formula is C20H26N2O3S. The molecule has 140 valence electrons. The van der Waals surface area contributed by atoms with Crippen molar-refractivity contribution >= 4 is 23.6 Å². The minimum Gasteiger partial charge on any atom is -0.481 e. The molecule has 2 N–H and O–H groups in total. The summed E-state index contributed by atoms with van der Waals surface area (Å²) in [4.78, 5) is 25.2. The van der Waals surface area contributed by atoms with E-state index in [0.717, 1.165) is 21.8 Å². The van der Waals surface area contributed by atoms with Crippen molar-refractivity contribution in [1.82, 2.24) is 9.88 Å². The van der Waals surface area contributed by atoms with Gasteiger partial charge in [0.25, 0.3) is 5.91 Å². The maximum atomic E-state index is 12.8. The van der Waals surface area contributed by atoms with Crippen molar-refractivity contribution in [3.05, 3.63) is 52.8 Å². The van der Waals surface area contributed by atoms with Crippen LogP contribution < -0.4 is 5.32 Å². The smallest absolute Gasteiger partial charge is 0.305 e. The van der Waals surface area contributed by atoms with Gasteiger partial charge in [-0.2, -0.15) is 0 Å². The van der Waals surface area contributed by atoms with Gasteiger partial charge in [-0.05, 0) is 57.7 Å². The number of aliphatic carboxylic acids is 1. The summed E-state index contributed by atoms with van der Waals surface area (Å²) < 4.78 is 2.11. The molecule has 0 aliphatic carbocycles. The van der Waals surface area contributed by atoms with Gasteiger partial charge in [-0.1, -0.05) is 12.1 Å². The first-order valence-electron chi connectivity index (χ1n) is 8.59. The molecule has 1 aromatic heterocycles. The molecule has 1 unspecified atom stereocenters. The standard InChI is InChI=1S/C20H26N2O3S/c1-12(2)22-13(3)10-17(14(22)4)20(25)21-18(11-19(23)24)15-6-8-16(26-5)9-7-15/h6-10,12,18H,11H2,1-5H3,(H,21,25)(H,23,24). The zero-order valence-electron chi connectivity index (χ0n) is 15.9. The highest BCUT2D eigenvalue weighted by atomic mass is 32.2. The van der Waals surface area contributed by atoms with Gasteiger partial charge in [0, 0.05) is 22.3 Å². The van der Waals surface area contributed by atoms with Crippen LogP contribution >= 0.6 is 11.8 Å². The second kappa shape index (κ2) is 8.45. The Morgan fingerprint density at radius 3 is 2.27 bits per heavy atom. The fraction of sp³-hybridized carbons (Fsp3) is 0.400. The van der Waals surface area contributed by atoms with Crippen molar-refractivity contribution in [2.24, 2.45) is 0 Å². The molecule has 26 heavy (non-hydrogen) atoms. The molecule has 0 saturated heterocycles. The summed E-state index contributed by atoms with van der Waals surface area (Å²) in [7, 11) is 0. The predicted molar refractivity (Wildman–Crippen MR) is 105 cm³/mol. The van der Waals surface area contributed by atoms with Crippen LogP contribution in [-0.2, 0) is 4.79 Å². The van der Waals surface area contributed by atoms with E-state index in [2.05, 4.69) is 23.7 Å². The fourth-order valence-corrected chi connectivity index (χ4v) is 3.71. The Morgan fingerprint density at radius 1 is 1.19 bits per heavy atom. The van der Waals surface area contributed by atoms with Crippen molar-refractivity contribution < 1.29 is 14.7 Å². The average molecular weight is 375 g/mol. The van der Waals surface area contributed by atoms with E-state index < -0.39 is 12.0 Å². The molecule has 2 aromatic rings. The highest BCUT2D eigenvalue weighted by molar-refractivity contribution is 7.98. The molecule has 0 radical (unpaired) electrons. The van der Waals surface area contributed by atoms with Crippen molar-refractivity contribution in [3.8, 4) is 0 Å². The molecule has 5 nitrogen and oxygen atoms in total. The number of thioether (sulfide) groups is 1. The molecule has 0 fully saturated rings. The van der Waals surface area contributed by atoms with E-state index in [1.165, 1.54) is 0 Å². The van der Waals surface area contributed by atoms with E-state index in [1.807, 2.05) is 50.4 Å². The van der Waals surface area contributed by atoms with Crippen LogP contribution in [0.3, 0.4) is 0 Å². The third-order valence-electron chi connectivity index (χ3n) is 4.45. The summed E-state index contributed by atoms with van der Waals surface area (Å²) in [6.45, 7) is 8.03. The minimum absolute atomic E-state index is 0.159. The van der Waals surface area contributed by atoms with E-state index in [0.29, 0.717) is 5.56 Å². The molecule has 1 atom stereocenters. The van der Waals surface area contributed by atoms with Crippen molar-refractivity contribution in [2.75, 3.05) is 6.26 Å². The molecule has 0 aliphatic heterocycles. The summed E-state index contributed by atoms with van der Waals surface area (Å²) in [5.41, 5.74) is 3.28. The Bertz CT molecular complexity index is 794. The summed E-state index contributed by atoms with van der Waals surface area (Å²) in [5.74, 6) is -1.19. The number of rotatable bonds is 7. The lowest BCUT2D eigenvalue weighted by atomic mass is 10.0. The lowest BCUT2D eigenvalue weighted by Gasteiger charge is -2.18. The van der Waals surface area contributed by atoms with E-state index in [-0.39, 0.29) is 18.4 Å². The van der Waals surface area contributed by atoms with E-state index in [9.17, 15) is 14.7 Å². The second-order valence-electron chi connectivity index (χ2n) is 6.65. The maximum absolute atomic E-state index is 12.8. The first kappa shape index (κ1) is 20.1. The predicted octanol–water partition coefficient (Wildman–Crippen LogP) is 4.35. The van der Waals surface area contributed by atoms with E-state index in [1.54, 1.807) is 11.8 Å². The lowest BCUT2D eigenvalue weighted by Crippen LogP contribution is -2.30. The number of amides is 1. The number of aryl methyl sites for hydroxylation is 1. The summed E-state index contributed by atoms with van der Waals surface area (Å²) in [5, 5.41) is 12.1. The Balaban J connectivity index is 2.29. The van der Waals surface area contributed by atoms with Gasteiger partial charge in [-0.3, -0.25) is 9.59 Å². The van der Waals surface area contributed by atoms with Crippen LogP contribution in [0.15, 0.2) is 35.2 Å².